The smallest absolute Gasteiger partial charge is 0.255 e. The molecule has 0 saturated heterocycles. The molecule has 0 aliphatic heterocycles. The highest BCUT2D eigenvalue weighted by Gasteiger charge is 2.13. The topological polar surface area (TPSA) is 77.8 Å². The Kier molecular flexibility index (Phi) is 5.42. The van der Waals surface area contributed by atoms with E-state index < -0.39 is 0 Å². The van der Waals surface area contributed by atoms with Crippen molar-refractivity contribution in [3.05, 3.63) is 83.6 Å². The standard InChI is InChI=1S/C23H22N4O/c1-23(2,3)18-7-9-19(10-8-18)26-21-14-17(11-12-25-21)22(28)27-20-6-4-5-16(13-20)15-24/h4-14H,1-3H3,(H,25,26)(H,27,28). The Hall–Kier alpha value is -3.65. The van der Waals surface area contributed by atoms with Crippen molar-refractivity contribution in [2.24, 2.45) is 0 Å². The number of nitriles is 1. The fourth-order valence-electron chi connectivity index (χ4n) is 2.71. The highest BCUT2D eigenvalue weighted by atomic mass is 16.1. The molecule has 0 radical (unpaired) electrons. The largest absolute Gasteiger partial charge is 0.340 e. The van der Waals surface area contributed by atoms with Gasteiger partial charge in [-0.15, -0.1) is 0 Å². The van der Waals surface area contributed by atoms with Crippen LogP contribution in [0.1, 0.15) is 42.3 Å². The lowest BCUT2D eigenvalue weighted by Crippen LogP contribution is -2.12. The van der Waals surface area contributed by atoms with E-state index in [1.807, 2.05) is 12.1 Å². The fourth-order valence-corrected chi connectivity index (χ4v) is 2.71. The molecule has 140 valence electrons. The van der Waals surface area contributed by atoms with Crippen LogP contribution in [0.25, 0.3) is 0 Å². The van der Waals surface area contributed by atoms with Gasteiger partial charge in [-0.3, -0.25) is 4.79 Å². The molecule has 0 atom stereocenters. The maximum absolute atomic E-state index is 12.5. The van der Waals surface area contributed by atoms with Crippen molar-refractivity contribution in [3.8, 4) is 6.07 Å². The lowest BCUT2D eigenvalue weighted by Gasteiger charge is -2.19. The zero-order valence-electron chi connectivity index (χ0n) is 16.2. The van der Waals surface area contributed by atoms with Crippen LogP contribution >= 0.6 is 0 Å². The molecule has 1 heterocycles. The Morgan fingerprint density at radius 2 is 1.75 bits per heavy atom. The summed E-state index contributed by atoms with van der Waals surface area (Å²) in [4.78, 5) is 16.8. The summed E-state index contributed by atoms with van der Waals surface area (Å²) in [7, 11) is 0. The van der Waals surface area contributed by atoms with Crippen LogP contribution in [0.15, 0.2) is 66.9 Å². The van der Waals surface area contributed by atoms with Gasteiger partial charge >= 0.3 is 0 Å². The highest BCUT2D eigenvalue weighted by Crippen LogP contribution is 2.24. The van der Waals surface area contributed by atoms with Gasteiger partial charge < -0.3 is 10.6 Å². The van der Waals surface area contributed by atoms with Crippen molar-refractivity contribution in [1.29, 1.82) is 5.26 Å². The van der Waals surface area contributed by atoms with Crippen molar-refractivity contribution in [1.82, 2.24) is 4.98 Å². The normalized spacial score (nSPS) is 10.8. The van der Waals surface area contributed by atoms with E-state index in [1.54, 1.807) is 42.6 Å². The second-order valence-corrected chi connectivity index (χ2v) is 7.53. The van der Waals surface area contributed by atoms with E-state index in [4.69, 9.17) is 5.26 Å². The van der Waals surface area contributed by atoms with Gasteiger partial charge in [-0.1, -0.05) is 39.0 Å². The lowest BCUT2D eigenvalue weighted by molar-refractivity contribution is 0.102. The van der Waals surface area contributed by atoms with Gasteiger partial charge in [-0.25, -0.2) is 4.98 Å². The Bertz CT molecular complexity index is 1030. The zero-order valence-corrected chi connectivity index (χ0v) is 16.2. The number of nitrogens with zero attached hydrogens (tertiary/aromatic N) is 2. The first-order valence-electron chi connectivity index (χ1n) is 9.00. The number of anilines is 3. The maximum Gasteiger partial charge on any atom is 0.255 e. The van der Waals surface area contributed by atoms with Crippen LogP contribution < -0.4 is 10.6 Å². The van der Waals surface area contributed by atoms with Crippen LogP contribution in [0.3, 0.4) is 0 Å². The van der Waals surface area contributed by atoms with E-state index in [-0.39, 0.29) is 11.3 Å². The van der Waals surface area contributed by atoms with Crippen LogP contribution in [0.5, 0.6) is 0 Å². The predicted octanol–water partition coefficient (Wildman–Crippen LogP) is 5.25. The monoisotopic (exact) mass is 370 g/mol. The molecule has 28 heavy (non-hydrogen) atoms. The van der Waals surface area contributed by atoms with Crippen molar-refractivity contribution in [2.45, 2.75) is 26.2 Å². The number of carbonyl (C=O) groups is 1. The SMILES string of the molecule is CC(C)(C)c1ccc(Nc2cc(C(=O)Nc3cccc(C#N)c3)ccn2)cc1. The molecule has 0 unspecified atom stereocenters. The average molecular weight is 370 g/mol. The summed E-state index contributed by atoms with van der Waals surface area (Å²) < 4.78 is 0. The number of amides is 1. The molecule has 0 aliphatic rings. The Balaban J connectivity index is 1.73. The minimum Gasteiger partial charge on any atom is -0.340 e. The Morgan fingerprint density at radius 1 is 1.00 bits per heavy atom. The van der Waals surface area contributed by atoms with Crippen molar-refractivity contribution < 1.29 is 4.79 Å². The first-order valence-corrected chi connectivity index (χ1v) is 9.00. The number of benzene rings is 2. The number of aromatic nitrogens is 1. The summed E-state index contributed by atoms with van der Waals surface area (Å²) in [5, 5.41) is 15.0. The first kappa shape index (κ1) is 19.1. The second-order valence-electron chi connectivity index (χ2n) is 7.53. The van der Waals surface area contributed by atoms with Crippen LogP contribution in [0.2, 0.25) is 0 Å². The number of hydrogen-bond acceptors (Lipinski definition) is 4. The van der Waals surface area contributed by atoms with Gasteiger partial charge in [0.25, 0.3) is 5.91 Å². The number of nitrogens with one attached hydrogen (secondary N) is 2. The first-order chi connectivity index (χ1) is 13.3. The predicted molar refractivity (Wildman–Crippen MR) is 112 cm³/mol. The van der Waals surface area contributed by atoms with Gasteiger partial charge in [0.1, 0.15) is 5.82 Å². The van der Waals surface area contributed by atoms with E-state index in [1.165, 1.54) is 5.56 Å². The fraction of sp³-hybridized carbons (Fsp3) is 0.174. The summed E-state index contributed by atoms with van der Waals surface area (Å²) in [6.07, 6.45) is 1.59. The van der Waals surface area contributed by atoms with Crippen molar-refractivity contribution in [3.63, 3.8) is 0 Å². The van der Waals surface area contributed by atoms with E-state index in [0.717, 1.165) is 5.69 Å². The minimum atomic E-state index is -0.261. The third kappa shape index (κ3) is 4.74. The summed E-state index contributed by atoms with van der Waals surface area (Å²) in [6.45, 7) is 6.52. The number of pyridine rings is 1. The van der Waals surface area contributed by atoms with Gasteiger partial charge in [0.05, 0.1) is 11.6 Å². The summed E-state index contributed by atoms with van der Waals surface area (Å²) in [5.74, 6) is 0.325. The quantitative estimate of drug-likeness (QED) is 0.658. The van der Waals surface area contributed by atoms with E-state index >= 15 is 0 Å². The number of carbonyl (C=O) groups excluding carboxylic acids is 1. The minimum absolute atomic E-state index is 0.0949. The number of rotatable bonds is 4. The highest BCUT2D eigenvalue weighted by molar-refractivity contribution is 6.04. The average Bonchev–Trinajstić information content (AvgIpc) is 2.68. The zero-order chi connectivity index (χ0) is 20.1. The third-order valence-corrected chi connectivity index (χ3v) is 4.29. The molecule has 3 aromatic rings. The molecule has 2 aromatic carbocycles. The molecule has 0 fully saturated rings. The molecule has 5 heteroatoms. The van der Waals surface area contributed by atoms with E-state index in [2.05, 4.69) is 54.6 Å². The second kappa shape index (κ2) is 7.93. The summed E-state index contributed by atoms with van der Waals surface area (Å²) >= 11 is 0. The van der Waals surface area contributed by atoms with Gasteiger partial charge in [0, 0.05) is 23.1 Å². The van der Waals surface area contributed by atoms with Crippen LogP contribution in [-0.4, -0.2) is 10.9 Å². The van der Waals surface area contributed by atoms with Crippen LogP contribution in [0, 0.1) is 11.3 Å². The molecule has 3 rings (SSSR count). The van der Waals surface area contributed by atoms with Crippen LogP contribution in [-0.2, 0) is 5.41 Å². The van der Waals surface area contributed by atoms with Gasteiger partial charge in [-0.2, -0.15) is 5.26 Å². The molecule has 2 N–H and O–H groups in total. The lowest BCUT2D eigenvalue weighted by atomic mass is 9.87. The number of hydrogen-bond donors (Lipinski definition) is 2. The maximum atomic E-state index is 12.5. The van der Waals surface area contributed by atoms with Crippen molar-refractivity contribution in [2.75, 3.05) is 10.6 Å². The molecule has 0 bridgehead atoms. The Morgan fingerprint density at radius 3 is 2.43 bits per heavy atom. The molecular weight excluding hydrogens is 348 g/mol. The molecule has 0 spiro atoms. The Labute approximate surface area is 165 Å². The summed E-state index contributed by atoms with van der Waals surface area (Å²) in [6, 6.07) is 20.4. The van der Waals surface area contributed by atoms with Crippen molar-refractivity contribution >= 4 is 23.1 Å². The van der Waals surface area contributed by atoms with Gasteiger partial charge in [0.2, 0.25) is 0 Å². The molecule has 0 aliphatic carbocycles. The third-order valence-electron chi connectivity index (χ3n) is 4.29. The molecule has 0 saturated carbocycles. The molecular formula is C23H22N4O. The molecule has 1 amide bonds. The van der Waals surface area contributed by atoms with Crippen LogP contribution in [0.4, 0.5) is 17.2 Å². The summed E-state index contributed by atoms with van der Waals surface area (Å²) in [5.41, 5.74) is 3.80. The van der Waals surface area contributed by atoms with E-state index in [9.17, 15) is 4.79 Å². The molecule has 1 aromatic heterocycles. The molecule has 5 nitrogen and oxygen atoms in total. The van der Waals surface area contributed by atoms with Gasteiger partial charge in [-0.05, 0) is 53.4 Å². The van der Waals surface area contributed by atoms with E-state index in [0.29, 0.717) is 22.6 Å². The van der Waals surface area contributed by atoms with Gasteiger partial charge in [0.15, 0.2) is 0 Å².